The van der Waals surface area contributed by atoms with Crippen LogP contribution in [0.15, 0.2) is 0 Å². The van der Waals surface area contributed by atoms with Crippen LogP contribution in [0.2, 0.25) is 0 Å². The fourth-order valence-electron chi connectivity index (χ4n) is 5.15. The molecule has 0 amide bonds. The van der Waals surface area contributed by atoms with Gasteiger partial charge in [0.15, 0.2) is 5.78 Å². The highest BCUT2D eigenvalue weighted by atomic mass is 16.5. The van der Waals surface area contributed by atoms with Crippen LogP contribution in [0, 0.1) is 10.8 Å². The molecule has 2 saturated carbocycles. The quantitative estimate of drug-likeness (QED) is 0.732. The first-order chi connectivity index (χ1) is 11.5. The number of hydrogen-bond acceptors (Lipinski definition) is 4. The van der Waals surface area contributed by atoms with Gasteiger partial charge >= 0.3 is 0 Å². The summed E-state index contributed by atoms with van der Waals surface area (Å²) in [5.74, 6) is 0.363. The Bertz CT molecular complexity index is 424. The second-order valence-corrected chi connectivity index (χ2v) is 8.54. The van der Waals surface area contributed by atoms with Crippen LogP contribution in [0.25, 0.3) is 0 Å². The molecule has 1 N–H and O–H groups in total. The number of hydrogen-bond donors (Lipinski definition) is 1. The Kier molecular flexibility index (Phi) is 5.68. The van der Waals surface area contributed by atoms with Crippen LogP contribution in [0.3, 0.4) is 0 Å². The number of Topliss-reactive ketones (excluding diaryl/α,β-unsaturated/α-hetero) is 1. The molecule has 0 radical (unpaired) electrons. The van der Waals surface area contributed by atoms with Crippen LogP contribution < -0.4 is 0 Å². The van der Waals surface area contributed by atoms with Gasteiger partial charge in [-0.3, -0.25) is 4.79 Å². The van der Waals surface area contributed by atoms with Crippen LogP contribution in [0.1, 0.15) is 78.1 Å². The molecule has 2 aliphatic heterocycles. The summed E-state index contributed by atoms with van der Waals surface area (Å²) >= 11 is 0. The molecule has 0 bridgehead atoms. The number of rotatable bonds is 0. The maximum atomic E-state index is 11.8. The van der Waals surface area contributed by atoms with E-state index in [0.29, 0.717) is 12.4 Å². The number of ether oxygens (including phenoxy) is 2. The molecular formula is C20H34O4. The summed E-state index contributed by atoms with van der Waals surface area (Å²) in [5.41, 5.74) is 0.0787. The van der Waals surface area contributed by atoms with Crippen LogP contribution in [0.4, 0.5) is 0 Å². The first-order valence-corrected chi connectivity index (χ1v) is 9.95. The molecule has 1 unspecified atom stereocenters. The second-order valence-electron chi connectivity index (χ2n) is 8.54. The lowest BCUT2D eigenvalue weighted by atomic mass is 9.71. The van der Waals surface area contributed by atoms with E-state index in [4.69, 9.17) is 9.47 Å². The smallest absolute Gasteiger partial charge is 0.169 e. The largest absolute Gasteiger partial charge is 0.390 e. The first kappa shape index (κ1) is 18.3. The van der Waals surface area contributed by atoms with Gasteiger partial charge in [0.1, 0.15) is 6.10 Å². The number of aliphatic hydroxyl groups excluding tert-OH is 1. The minimum absolute atomic E-state index is 0.0579. The standard InChI is InChI=1S/C10H18O2.C10H16O2/c2*1-8-9(11)10(7-12-8)5-3-2-4-6-10/h8-9,11H,2-7H2,1H3;8H,2-7H2,1H3/t8-,9?;8-/m00/s1. The van der Waals surface area contributed by atoms with Crippen molar-refractivity contribution < 1.29 is 19.4 Å². The third kappa shape index (κ3) is 3.42. The fourth-order valence-corrected chi connectivity index (χ4v) is 5.15. The Morgan fingerprint density at radius 2 is 1.46 bits per heavy atom. The maximum Gasteiger partial charge on any atom is 0.169 e. The monoisotopic (exact) mass is 338 g/mol. The summed E-state index contributed by atoms with van der Waals surface area (Å²) in [4.78, 5) is 11.8. The summed E-state index contributed by atoms with van der Waals surface area (Å²) < 4.78 is 10.9. The van der Waals surface area contributed by atoms with Gasteiger partial charge in [-0.25, -0.2) is 0 Å². The van der Waals surface area contributed by atoms with Crippen molar-refractivity contribution in [1.29, 1.82) is 0 Å². The molecule has 0 aromatic rings. The van der Waals surface area contributed by atoms with E-state index >= 15 is 0 Å². The minimum Gasteiger partial charge on any atom is -0.390 e. The predicted molar refractivity (Wildman–Crippen MR) is 92.9 cm³/mol. The molecule has 4 fully saturated rings. The highest BCUT2D eigenvalue weighted by molar-refractivity contribution is 5.90. The molecule has 2 aliphatic carbocycles. The van der Waals surface area contributed by atoms with Gasteiger partial charge in [0.2, 0.25) is 0 Å². The molecule has 2 spiro atoms. The van der Waals surface area contributed by atoms with Crippen LogP contribution in [0.5, 0.6) is 0 Å². The third-order valence-corrected chi connectivity index (χ3v) is 6.87. The van der Waals surface area contributed by atoms with Crippen molar-refractivity contribution in [1.82, 2.24) is 0 Å². The molecule has 138 valence electrons. The van der Waals surface area contributed by atoms with E-state index in [1.807, 2.05) is 13.8 Å². The molecular weight excluding hydrogens is 304 g/mol. The zero-order chi connectivity index (χ0) is 17.2. The first-order valence-electron chi connectivity index (χ1n) is 9.95. The Labute approximate surface area is 146 Å². The van der Waals surface area contributed by atoms with Crippen molar-refractivity contribution in [3.05, 3.63) is 0 Å². The average molecular weight is 338 g/mol. The third-order valence-electron chi connectivity index (χ3n) is 6.87. The van der Waals surface area contributed by atoms with E-state index < -0.39 is 0 Å². The van der Waals surface area contributed by atoms with Crippen LogP contribution in [-0.2, 0) is 14.3 Å². The van der Waals surface area contributed by atoms with Gasteiger partial charge in [-0.15, -0.1) is 0 Å². The number of aliphatic hydroxyl groups is 1. The van der Waals surface area contributed by atoms with Crippen molar-refractivity contribution >= 4 is 5.78 Å². The Balaban J connectivity index is 0.000000141. The molecule has 4 heteroatoms. The lowest BCUT2D eigenvalue weighted by molar-refractivity contribution is -0.128. The molecule has 4 aliphatic rings. The molecule has 24 heavy (non-hydrogen) atoms. The Morgan fingerprint density at radius 3 is 1.92 bits per heavy atom. The van der Waals surface area contributed by atoms with Gasteiger partial charge < -0.3 is 14.6 Å². The van der Waals surface area contributed by atoms with Gasteiger partial charge in [-0.05, 0) is 39.5 Å². The van der Waals surface area contributed by atoms with Gasteiger partial charge in [-0.2, -0.15) is 0 Å². The lowest BCUT2D eigenvalue weighted by Gasteiger charge is -2.35. The zero-order valence-electron chi connectivity index (χ0n) is 15.4. The number of carbonyl (C=O) groups excluding carboxylic acids is 1. The summed E-state index contributed by atoms with van der Waals surface area (Å²) in [7, 11) is 0. The molecule has 2 heterocycles. The van der Waals surface area contributed by atoms with Crippen LogP contribution in [-0.4, -0.2) is 42.4 Å². The van der Waals surface area contributed by atoms with Gasteiger partial charge in [-0.1, -0.05) is 38.5 Å². The van der Waals surface area contributed by atoms with Crippen molar-refractivity contribution in [3.8, 4) is 0 Å². The van der Waals surface area contributed by atoms with Crippen molar-refractivity contribution in [2.45, 2.75) is 96.4 Å². The molecule has 4 nitrogen and oxygen atoms in total. The van der Waals surface area contributed by atoms with Crippen molar-refractivity contribution in [3.63, 3.8) is 0 Å². The van der Waals surface area contributed by atoms with Crippen molar-refractivity contribution in [2.24, 2.45) is 10.8 Å². The molecule has 3 atom stereocenters. The summed E-state index contributed by atoms with van der Waals surface area (Å²) in [6.45, 7) is 5.34. The molecule has 0 aromatic heterocycles. The predicted octanol–water partition coefficient (Wildman–Crippen LogP) is 3.64. The van der Waals surface area contributed by atoms with E-state index in [0.717, 1.165) is 19.4 Å². The van der Waals surface area contributed by atoms with Crippen LogP contribution >= 0.6 is 0 Å². The SMILES string of the molecule is C[C@@H]1OCC2(CCCCC2)C1=O.C[C@@H]1OCC2(CCCCC2)C1O. The molecule has 2 saturated heterocycles. The highest BCUT2D eigenvalue weighted by Crippen LogP contribution is 2.45. The fraction of sp³-hybridized carbons (Fsp3) is 0.950. The van der Waals surface area contributed by atoms with Gasteiger partial charge in [0, 0.05) is 5.41 Å². The zero-order valence-corrected chi connectivity index (χ0v) is 15.4. The number of carbonyl (C=O) groups is 1. The summed E-state index contributed by atoms with van der Waals surface area (Å²) in [6, 6.07) is 0. The minimum atomic E-state index is -0.210. The lowest BCUT2D eigenvalue weighted by Crippen LogP contribution is -2.38. The van der Waals surface area contributed by atoms with E-state index in [1.165, 1.54) is 51.4 Å². The van der Waals surface area contributed by atoms with Crippen molar-refractivity contribution in [2.75, 3.05) is 13.2 Å². The van der Waals surface area contributed by atoms with E-state index in [9.17, 15) is 9.90 Å². The molecule has 0 aromatic carbocycles. The molecule has 4 rings (SSSR count). The van der Waals surface area contributed by atoms with E-state index in [2.05, 4.69) is 0 Å². The Hall–Kier alpha value is -0.450. The van der Waals surface area contributed by atoms with E-state index in [1.54, 1.807) is 0 Å². The van der Waals surface area contributed by atoms with E-state index in [-0.39, 0.29) is 29.1 Å². The highest BCUT2D eigenvalue weighted by Gasteiger charge is 2.48. The topological polar surface area (TPSA) is 55.8 Å². The summed E-state index contributed by atoms with van der Waals surface area (Å²) in [6.07, 6.45) is 11.8. The van der Waals surface area contributed by atoms with Gasteiger partial charge in [0.25, 0.3) is 0 Å². The maximum absolute atomic E-state index is 11.8. The second kappa shape index (κ2) is 7.43. The summed E-state index contributed by atoms with van der Waals surface area (Å²) in [5, 5.41) is 9.95. The number of ketones is 1. The van der Waals surface area contributed by atoms with Gasteiger partial charge in [0.05, 0.1) is 30.8 Å². The average Bonchev–Trinajstić information content (AvgIpc) is 3.04. The Morgan fingerprint density at radius 1 is 0.875 bits per heavy atom. The normalized spacial score (nSPS) is 37.5.